The highest BCUT2D eigenvalue weighted by molar-refractivity contribution is 4.83. The molecule has 0 fully saturated rings. The maximum atomic E-state index is 3.77. The van der Waals surface area contributed by atoms with Crippen LogP contribution in [-0.2, 0) is 0 Å². The van der Waals surface area contributed by atoms with Gasteiger partial charge in [-0.3, -0.25) is 0 Å². The summed E-state index contributed by atoms with van der Waals surface area (Å²) in [6.45, 7) is 7.96. The van der Waals surface area contributed by atoms with E-state index in [2.05, 4.69) is 17.2 Å². The van der Waals surface area contributed by atoms with Gasteiger partial charge >= 0.3 is 0 Å². The Morgan fingerprint density at radius 2 is 1.82 bits per heavy atom. The maximum Gasteiger partial charge on any atom is 0.0143 e. The fourth-order valence-corrected chi connectivity index (χ4v) is 0.905. The molecule has 0 aliphatic heterocycles. The largest absolute Gasteiger partial charge is 0.389 e. The van der Waals surface area contributed by atoms with E-state index in [-0.39, 0.29) is 0 Å². The van der Waals surface area contributed by atoms with Crippen LogP contribution >= 0.6 is 0 Å². The summed E-state index contributed by atoms with van der Waals surface area (Å²) in [5.41, 5.74) is 1.07. The van der Waals surface area contributed by atoms with Gasteiger partial charge in [0.05, 0.1) is 0 Å². The smallest absolute Gasteiger partial charge is 0.0143 e. The first-order valence-corrected chi connectivity index (χ1v) is 4.31. The summed E-state index contributed by atoms with van der Waals surface area (Å²) in [5, 5.41) is 6.34. The van der Waals surface area contributed by atoms with Crippen LogP contribution in [0, 0.1) is 0 Å². The number of nitrogens with one attached hydrogen (secondary N) is 2. The van der Waals surface area contributed by atoms with E-state index in [0.717, 1.165) is 18.8 Å². The fourth-order valence-electron chi connectivity index (χ4n) is 0.905. The third kappa shape index (κ3) is 9.50. The molecule has 0 bridgehead atoms. The predicted octanol–water partition coefficient (Wildman–Crippen LogP) is 1.50. The second-order valence-electron chi connectivity index (χ2n) is 2.87. The summed E-state index contributed by atoms with van der Waals surface area (Å²) in [6.07, 6.45) is 3.81. The normalized spacial score (nSPS) is 9.64. The van der Waals surface area contributed by atoms with Gasteiger partial charge in [-0.2, -0.15) is 0 Å². The van der Waals surface area contributed by atoms with Crippen molar-refractivity contribution in [1.29, 1.82) is 0 Å². The Morgan fingerprint density at radius 3 is 2.36 bits per heavy atom. The van der Waals surface area contributed by atoms with Gasteiger partial charge in [0.1, 0.15) is 0 Å². The van der Waals surface area contributed by atoms with E-state index < -0.39 is 0 Å². The number of allylic oxidation sites excluding steroid dienone is 1. The third-order valence-electron chi connectivity index (χ3n) is 1.53. The standard InChI is InChI=1S/C9H20N2/c1-9(2)11-8-6-4-5-7-10-3/h10-11H,1,4-8H2,2-3H3. The first kappa shape index (κ1) is 10.5. The maximum absolute atomic E-state index is 3.77. The van der Waals surface area contributed by atoms with Crippen LogP contribution in [0.4, 0.5) is 0 Å². The Balaban J connectivity index is 2.85. The molecule has 0 amide bonds. The van der Waals surface area contributed by atoms with Gasteiger partial charge in [0.25, 0.3) is 0 Å². The monoisotopic (exact) mass is 156 g/mol. The van der Waals surface area contributed by atoms with Crippen LogP contribution in [0.2, 0.25) is 0 Å². The highest BCUT2D eigenvalue weighted by Crippen LogP contribution is 1.92. The number of hydrogen-bond donors (Lipinski definition) is 2. The van der Waals surface area contributed by atoms with Crippen molar-refractivity contribution < 1.29 is 0 Å². The van der Waals surface area contributed by atoms with Gasteiger partial charge in [0.15, 0.2) is 0 Å². The van der Waals surface area contributed by atoms with Crippen LogP contribution in [0.5, 0.6) is 0 Å². The average Bonchev–Trinajstić information content (AvgIpc) is 1.96. The quantitative estimate of drug-likeness (QED) is 0.546. The van der Waals surface area contributed by atoms with E-state index in [1.165, 1.54) is 19.3 Å². The lowest BCUT2D eigenvalue weighted by molar-refractivity contribution is 0.620. The van der Waals surface area contributed by atoms with Gasteiger partial charge in [-0.1, -0.05) is 13.0 Å². The molecule has 0 radical (unpaired) electrons. The highest BCUT2D eigenvalue weighted by Gasteiger charge is 1.87. The Labute approximate surface area is 70.1 Å². The van der Waals surface area contributed by atoms with Crippen molar-refractivity contribution in [3.05, 3.63) is 12.3 Å². The summed E-state index contributed by atoms with van der Waals surface area (Å²) >= 11 is 0. The lowest BCUT2D eigenvalue weighted by atomic mass is 10.2. The molecular weight excluding hydrogens is 136 g/mol. The van der Waals surface area contributed by atoms with Gasteiger partial charge in [0.2, 0.25) is 0 Å². The highest BCUT2D eigenvalue weighted by atomic mass is 14.9. The molecule has 0 aromatic carbocycles. The number of hydrogen-bond acceptors (Lipinski definition) is 2. The molecule has 2 N–H and O–H groups in total. The molecule has 0 unspecified atom stereocenters. The Kier molecular flexibility index (Phi) is 7.26. The molecule has 0 heterocycles. The van der Waals surface area contributed by atoms with Crippen molar-refractivity contribution in [3.63, 3.8) is 0 Å². The third-order valence-corrected chi connectivity index (χ3v) is 1.53. The SMILES string of the molecule is C=C(C)NCCCCCNC. The Hall–Kier alpha value is -0.500. The van der Waals surface area contributed by atoms with Crippen LogP contribution in [-0.4, -0.2) is 20.1 Å². The minimum absolute atomic E-state index is 1.07. The zero-order valence-electron chi connectivity index (χ0n) is 7.74. The molecule has 0 rings (SSSR count). The molecular formula is C9H20N2. The van der Waals surface area contributed by atoms with E-state index >= 15 is 0 Å². The molecule has 0 saturated heterocycles. The first-order valence-electron chi connectivity index (χ1n) is 4.31. The zero-order valence-corrected chi connectivity index (χ0v) is 7.74. The summed E-state index contributed by atoms with van der Waals surface area (Å²) in [6, 6.07) is 0. The van der Waals surface area contributed by atoms with Crippen LogP contribution < -0.4 is 10.6 Å². The van der Waals surface area contributed by atoms with Gasteiger partial charge in [-0.05, 0) is 33.4 Å². The van der Waals surface area contributed by atoms with Crippen LogP contribution in [0.15, 0.2) is 12.3 Å². The molecule has 11 heavy (non-hydrogen) atoms. The van der Waals surface area contributed by atoms with E-state index in [1.807, 2.05) is 14.0 Å². The van der Waals surface area contributed by atoms with Crippen molar-refractivity contribution in [1.82, 2.24) is 10.6 Å². The van der Waals surface area contributed by atoms with Crippen molar-refractivity contribution in [3.8, 4) is 0 Å². The van der Waals surface area contributed by atoms with Crippen LogP contribution in [0.3, 0.4) is 0 Å². The van der Waals surface area contributed by atoms with Gasteiger partial charge in [-0.15, -0.1) is 0 Å². The first-order chi connectivity index (χ1) is 5.27. The molecule has 0 aliphatic rings. The van der Waals surface area contributed by atoms with Crippen LogP contribution in [0.25, 0.3) is 0 Å². The van der Waals surface area contributed by atoms with E-state index in [0.29, 0.717) is 0 Å². The topological polar surface area (TPSA) is 24.1 Å². The molecule has 0 spiro atoms. The number of rotatable bonds is 7. The lowest BCUT2D eigenvalue weighted by Gasteiger charge is -2.03. The minimum Gasteiger partial charge on any atom is -0.389 e. The van der Waals surface area contributed by atoms with Crippen molar-refractivity contribution in [2.45, 2.75) is 26.2 Å². The second kappa shape index (κ2) is 7.61. The molecule has 2 nitrogen and oxygen atoms in total. The average molecular weight is 156 g/mol. The van der Waals surface area contributed by atoms with E-state index in [4.69, 9.17) is 0 Å². The fraction of sp³-hybridized carbons (Fsp3) is 0.778. The molecule has 2 heteroatoms. The van der Waals surface area contributed by atoms with Gasteiger partial charge in [-0.25, -0.2) is 0 Å². The summed E-state index contributed by atoms with van der Waals surface area (Å²) in [7, 11) is 1.99. The molecule has 0 saturated carbocycles. The summed E-state index contributed by atoms with van der Waals surface area (Å²) in [5.74, 6) is 0. The zero-order chi connectivity index (χ0) is 8.53. The van der Waals surface area contributed by atoms with Crippen molar-refractivity contribution >= 4 is 0 Å². The second-order valence-corrected chi connectivity index (χ2v) is 2.87. The predicted molar refractivity (Wildman–Crippen MR) is 50.6 cm³/mol. The lowest BCUT2D eigenvalue weighted by Crippen LogP contribution is -2.12. The minimum atomic E-state index is 1.07. The van der Waals surface area contributed by atoms with E-state index in [1.54, 1.807) is 0 Å². The molecule has 0 aromatic rings. The summed E-state index contributed by atoms with van der Waals surface area (Å²) in [4.78, 5) is 0. The van der Waals surface area contributed by atoms with Crippen molar-refractivity contribution in [2.24, 2.45) is 0 Å². The Morgan fingerprint density at radius 1 is 1.18 bits per heavy atom. The van der Waals surface area contributed by atoms with Crippen molar-refractivity contribution in [2.75, 3.05) is 20.1 Å². The molecule has 0 aromatic heterocycles. The number of unbranched alkanes of at least 4 members (excludes halogenated alkanes) is 2. The molecule has 66 valence electrons. The van der Waals surface area contributed by atoms with E-state index in [9.17, 15) is 0 Å². The summed E-state index contributed by atoms with van der Waals surface area (Å²) < 4.78 is 0. The van der Waals surface area contributed by atoms with Gasteiger partial charge < -0.3 is 10.6 Å². The molecule has 0 atom stereocenters. The Bertz CT molecular complexity index is 99.7. The van der Waals surface area contributed by atoms with Crippen LogP contribution in [0.1, 0.15) is 26.2 Å². The van der Waals surface area contributed by atoms with Gasteiger partial charge in [0, 0.05) is 12.2 Å². The molecule has 0 aliphatic carbocycles.